The van der Waals surface area contributed by atoms with E-state index in [4.69, 9.17) is 65.8 Å². The molecular weight excluding hydrogens is 1220 g/mol. The van der Waals surface area contributed by atoms with Crippen molar-refractivity contribution in [2.45, 2.75) is 91.0 Å². The lowest BCUT2D eigenvalue weighted by molar-refractivity contribution is -0.144. The fourth-order valence-electron chi connectivity index (χ4n) is 10.5. The second-order valence-corrected chi connectivity index (χ2v) is 25.0. The number of anilines is 2. The van der Waals surface area contributed by atoms with Gasteiger partial charge in [-0.25, -0.2) is 0 Å². The maximum absolute atomic E-state index is 14.0. The van der Waals surface area contributed by atoms with Gasteiger partial charge >= 0.3 is 0 Å². The molecule has 0 spiro atoms. The molecule has 4 N–H and O–H groups in total. The summed E-state index contributed by atoms with van der Waals surface area (Å²) < 4.78 is 51.1. The lowest BCUT2D eigenvalue weighted by Gasteiger charge is -2.35. The van der Waals surface area contributed by atoms with Crippen molar-refractivity contribution in [2.24, 2.45) is 5.41 Å². The standard InChI is InChI=1S/C66H90Cl2N8O13S/c1-46-16-35-90-62(46)48-14-12-47(13-15-48)42-71-64(79)56-36-50(77)44-76(56)65(80)63(66(2,3)4)73-60(78)45-88-34-33-87-32-31-86-30-29-85-28-27-84-26-25-83-23-10-8-7-9-17-74-19-21-75(22-20-74)18-11-24-89-59-39-54-51(37-58(59)82-6)61(49(41-69)43-70-54)72-55-40-57(81-5)53(68)38-52(55)67/h12-16,35,37-40,43,50,56,63,77H,7-11,17-34,36,42,44-45H2,1-6H3,(H,70,72)(H,71,79)(H,73,78)/t50-,56?,63?/m1/s1. The first-order valence-corrected chi connectivity index (χ1v) is 32.6. The molecular formula is C66H90Cl2N8O13S. The number of aliphatic hydroxyl groups excluding tert-OH is 1. The van der Waals surface area contributed by atoms with Crippen LogP contribution in [0.5, 0.6) is 17.2 Å². The first kappa shape index (κ1) is 71.5. The van der Waals surface area contributed by atoms with Crippen LogP contribution in [0.1, 0.15) is 76.0 Å². The van der Waals surface area contributed by atoms with Gasteiger partial charge in [0.1, 0.15) is 30.5 Å². The number of piperazine rings is 1. The van der Waals surface area contributed by atoms with Gasteiger partial charge in [-0.3, -0.25) is 19.4 Å². The highest BCUT2D eigenvalue weighted by atomic mass is 35.5. The summed E-state index contributed by atoms with van der Waals surface area (Å²) in [6.45, 7) is 19.1. The number of methoxy groups -OCH3 is 2. The van der Waals surface area contributed by atoms with Gasteiger partial charge in [0.2, 0.25) is 17.7 Å². The number of hydrogen-bond donors (Lipinski definition) is 4. The van der Waals surface area contributed by atoms with Crippen LogP contribution in [-0.4, -0.2) is 207 Å². The predicted octanol–water partition coefficient (Wildman–Crippen LogP) is 9.07. The van der Waals surface area contributed by atoms with Gasteiger partial charge in [0.15, 0.2) is 11.5 Å². The highest BCUT2D eigenvalue weighted by Gasteiger charge is 2.44. The summed E-state index contributed by atoms with van der Waals surface area (Å²) in [7, 11) is 3.11. The number of halogens is 2. The zero-order valence-corrected chi connectivity index (χ0v) is 55.2. The molecule has 21 nitrogen and oxygen atoms in total. The molecule has 90 heavy (non-hydrogen) atoms. The first-order valence-electron chi connectivity index (χ1n) is 31.0. The Kier molecular flexibility index (Phi) is 29.9. The molecule has 0 aliphatic carbocycles. The van der Waals surface area contributed by atoms with Gasteiger partial charge in [-0.05, 0) is 78.4 Å². The van der Waals surface area contributed by atoms with E-state index < -0.39 is 35.4 Å². The summed E-state index contributed by atoms with van der Waals surface area (Å²) in [5, 5.41) is 33.0. The van der Waals surface area contributed by atoms with Crippen LogP contribution in [0.15, 0.2) is 66.2 Å². The van der Waals surface area contributed by atoms with E-state index in [-0.39, 0.29) is 45.2 Å². The number of carbonyl (C=O) groups is 3. The van der Waals surface area contributed by atoms with E-state index in [1.165, 1.54) is 41.5 Å². The molecule has 0 radical (unpaired) electrons. The van der Waals surface area contributed by atoms with E-state index in [2.05, 4.69) is 55.2 Å². The van der Waals surface area contributed by atoms with Gasteiger partial charge in [0, 0.05) is 87.4 Å². The van der Waals surface area contributed by atoms with Crippen molar-refractivity contribution in [1.82, 2.24) is 30.3 Å². The third kappa shape index (κ3) is 22.4. The highest BCUT2D eigenvalue weighted by molar-refractivity contribution is 7.13. The van der Waals surface area contributed by atoms with Crippen LogP contribution in [0.4, 0.5) is 11.4 Å². The number of nitrogens with one attached hydrogen (secondary N) is 3. The third-order valence-electron chi connectivity index (χ3n) is 15.6. The number of rotatable bonds is 39. The molecule has 3 atom stereocenters. The third-order valence-corrected chi connectivity index (χ3v) is 17.2. The molecule has 7 rings (SSSR count). The molecule has 3 amide bonds. The van der Waals surface area contributed by atoms with Crippen molar-refractivity contribution in [1.29, 1.82) is 5.26 Å². The van der Waals surface area contributed by atoms with Gasteiger partial charge in [-0.2, -0.15) is 5.26 Å². The summed E-state index contributed by atoms with van der Waals surface area (Å²) in [4.78, 5) is 52.6. The van der Waals surface area contributed by atoms with E-state index in [9.17, 15) is 24.8 Å². The Labute approximate surface area is 543 Å². The van der Waals surface area contributed by atoms with Crippen LogP contribution in [0, 0.1) is 23.7 Å². The quantitative estimate of drug-likeness (QED) is 0.0268. The highest BCUT2D eigenvalue weighted by Crippen LogP contribution is 2.41. The number of β-amino-alcohol motifs (C(OH)–C–C–N with tert-alkyl or cyclic N) is 1. The largest absolute Gasteiger partial charge is 0.495 e. The number of hydrogen-bond acceptors (Lipinski definition) is 19. The molecule has 2 aromatic heterocycles. The number of amides is 3. The molecule has 4 heterocycles. The number of pyridine rings is 1. The minimum absolute atomic E-state index is 0.0101. The molecule has 2 unspecified atom stereocenters. The average Bonchev–Trinajstić information content (AvgIpc) is 0.984. The van der Waals surface area contributed by atoms with E-state index in [1.807, 2.05) is 57.2 Å². The monoisotopic (exact) mass is 1300 g/mol. The SMILES string of the molecule is COc1cc(Nc2c(C#N)cnc3cc(OCCCN4CCN(CCCCCCOCCOCCOCCOCCOCCOCC(=O)NC(C(=O)N5C[C@H](O)CC5C(=O)NCc5ccc(-c6sccc6C)cc5)C(C)(C)C)CC4)c(OC)cc23)c(Cl)cc1Cl. The molecule has 492 valence electrons. The Morgan fingerprint density at radius 3 is 1.96 bits per heavy atom. The molecule has 24 heteroatoms. The van der Waals surface area contributed by atoms with Gasteiger partial charge in [0.05, 0.1) is 125 Å². The van der Waals surface area contributed by atoms with Crippen molar-refractivity contribution >= 4 is 74.5 Å². The number of ether oxygens (including phenoxy) is 9. The summed E-state index contributed by atoms with van der Waals surface area (Å²) in [6, 6.07) is 17.4. The molecule has 2 aliphatic heterocycles. The molecule has 5 aromatic rings. The minimum Gasteiger partial charge on any atom is -0.495 e. The lowest BCUT2D eigenvalue weighted by atomic mass is 9.85. The number of thiophene rings is 1. The van der Waals surface area contributed by atoms with Crippen LogP contribution in [0.3, 0.4) is 0 Å². The van der Waals surface area contributed by atoms with Crippen LogP contribution in [-0.2, 0) is 49.3 Å². The second-order valence-electron chi connectivity index (χ2n) is 23.3. The molecule has 0 saturated carbocycles. The average molecular weight is 1310 g/mol. The topological polar surface area (TPSA) is 237 Å². The van der Waals surface area contributed by atoms with Crippen molar-refractivity contribution < 1.29 is 62.1 Å². The Morgan fingerprint density at radius 1 is 0.744 bits per heavy atom. The maximum Gasteiger partial charge on any atom is 0.246 e. The van der Waals surface area contributed by atoms with Gasteiger partial charge in [-0.15, -0.1) is 11.3 Å². The molecule has 3 aromatic carbocycles. The zero-order chi connectivity index (χ0) is 64.3. The Balaban J connectivity index is 0.626. The number of benzene rings is 3. The first-order chi connectivity index (χ1) is 43.6. The molecule has 2 fully saturated rings. The van der Waals surface area contributed by atoms with Crippen molar-refractivity contribution in [3.63, 3.8) is 0 Å². The van der Waals surface area contributed by atoms with E-state index >= 15 is 0 Å². The van der Waals surface area contributed by atoms with Gasteiger partial charge in [0.25, 0.3) is 0 Å². The normalized spacial score (nSPS) is 15.8. The Bertz CT molecular complexity index is 3080. The van der Waals surface area contributed by atoms with Crippen molar-refractivity contribution in [3.8, 4) is 33.8 Å². The van der Waals surface area contributed by atoms with Crippen LogP contribution < -0.4 is 30.2 Å². The molecule has 2 saturated heterocycles. The van der Waals surface area contributed by atoms with Crippen LogP contribution in [0.2, 0.25) is 10.0 Å². The number of likely N-dealkylation sites (tertiary alicyclic amines) is 1. The Morgan fingerprint density at radius 2 is 1.36 bits per heavy atom. The van der Waals surface area contributed by atoms with E-state index in [0.29, 0.717) is 115 Å². The molecule has 0 bridgehead atoms. The number of fused-ring (bicyclic) bond motifs is 1. The minimum atomic E-state index is -0.958. The van der Waals surface area contributed by atoms with Crippen LogP contribution in [0.25, 0.3) is 21.3 Å². The number of unbranched alkanes of at least 4 members (excludes halogenated alkanes) is 3. The summed E-state index contributed by atoms with van der Waals surface area (Å²) >= 11 is 14.5. The number of aliphatic hydroxyl groups is 1. The number of aromatic nitrogens is 1. The van der Waals surface area contributed by atoms with E-state index in [1.54, 1.807) is 30.6 Å². The summed E-state index contributed by atoms with van der Waals surface area (Å²) in [5.41, 5.74) is 4.57. The Hall–Kier alpha value is -5.91. The number of carbonyl (C=O) groups excluding carboxylic acids is 3. The van der Waals surface area contributed by atoms with E-state index in [0.717, 1.165) is 76.3 Å². The fraction of sp³-hybridized carbons (Fsp3) is 0.561. The molecule has 2 aliphatic rings. The number of aryl methyl sites for hydroxylation is 1. The lowest BCUT2D eigenvalue weighted by Crippen LogP contribution is -2.58. The summed E-state index contributed by atoms with van der Waals surface area (Å²) in [6.07, 6.45) is 6.15. The smallest absolute Gasteiger partial charge is 0.246 e. The number of nitriles is 1. The number of nitrogens with zero attached hydrogens (tertiary/aromatic N) is 5. The van der Waals surface area contributed by atoms with Gasteiger partial charge < -0.3 is 78.4 Å². The van der Waals surface area contributed by atoms with Crippen molar-refractivity contribution in [2.75, 3.05) is 151 Å². The van der Waals surface area contributed by atoms with Crippen LogP contribution >= 0.6 is 34.5 Å². The predicted molar refractivity (Wildman–Crippen MR) is 350 cm³/mol. The zero-order valence-electron chi connectivity index (χ0n) is 52.9. The second kappa shape index (κ2) is 37.6. The summed E-state index contributed by atoms with van der Waals surface area (Å²) in [5.74, 6) is 0.287. The van der Waals surface area contributed by atoms with Crippen molar-refractivity contribution in [3.05, 3.63) is 92.9 Å². The maximum atomic E-state index is 14.0. The fourth-order valence-corrected chi connectivity index (χ4v) is 12.0. The van der Waals surface area contributed by atoms with Gasteiger partial charge in [-0.1, -0.05) is 81.1 Å².